The first-order valence-electron chi connectivity index (χ1n) is 4.97. The highest BCUT2D eigenvalue weighted by molar-refractivity contribution is 14.1. The Bertz CT molecular complexity index is 732. The van der Waals surface area contributed by atoms with Crippen LogP contribution >= 0.6 is 90.4 Å². The molecule has 0 aliphatic carbocycles. The van der Waals surface area contributed by atoms with Crippen molar-refractivity contribution in [3.63, 3.8) is 0 Å². The average Bonchev–Trinajstić information content (AvgIpc) is 2.37. The second kappa shape index (κ2) is 7.73. The predicted octanol–water partition coefficient (Wildman–Crippen LogP) is 2.58. The summed E-state index contributed by atoms with van der Waals surface area (Å²) in [6.45, 7) is 0. The SMILES string of the molecule is COC(=O)c1c(I)c(I)c(I)c(I)c1C(=O)NS(C)(=O)=O. The molecule has 6 nitrogen and oxygen atoms in total. The summed E-state index contributed by atoms with van der Waals surface area (Å²) < 4.78 is 31.7. The van der Waals surface area contributed by atoms with Gasteiger partial charge < -0.3 is 4.74 Å². The molecule has 0 radical (unpaired) electrons. The fraction of sp³-hybridized carbons (Fsp3) is 0.200. The molecule has 0 bridgehead atoms. The molecule has 0 heterocycles. The summed E-state index contributed by atoms with van der Waals surface area (Å²) in [5.74, 6) is -1.54. The van der Waals surface area contributed by atoms with Gasteiger partial charge in [-0.25, -0.2) is 17.9 Å². The molecule has 0 aliphatic rings. The van der Waals surface area contributed by atoms with Gasteiger partial charge in [0.15, 0.2) is 0 Å². The molecule has 0 fully saturated rings. The van der Waals surface area contributed by atoms with Crippen molar-refractivity contribution in [3.05, 3.63) is 25.4 Å². The van der Waals surface area contributed by atoms with E-state index in [4.69, 9.17) is 4.74 Å². The van der Waals surface area contributed by atoms with Gasteiger partial charge in [-0.1, -0.05) is 0 Å². The molecule has 11 heteroatoms. The van der Waals surface area contributed by atoms with Gasteiger partial charge in [0.05, 0.1) is 24.5 Å². The number of ether oxygens (including phenoxy) is 1. The summed E-state index contributed by atoms with van der Waals surface area (Å²) in [7, 11) is -2.53. The van der Waals surface area contributed by atoms with E-state index >= 15 is 0 Å². The van der Waals surface area contributed by atoms with Crippen LogP contribution in [0.15, 0.2) is 0 Å². The number of amides is 1. The molecule has 116 valence electrons. The Morgan fingerprint density at radius 3 is 1.76 bits per heavy atom. The summed E-state index contributed by atoms with van der Waals surface area (Å²) in [6.07, 6.45) is 0.873. The highest BCUT2D eigenvalue weighted by atomic mass is 127. The predicted molar refractivity (Wildman–Crippen MR) is 111 cm³/mol. The number of sulfonamides is 1. The minimum atomic E-state index is -3.74. The third-order valence-electron chi connectivity index (χ3n) is 2.16. The minimum Gasteiger partial charge on any atom is -0.465 e. The second-order valence-electron chi connectivity index (χ2n) is 3.70. The molecule has 21 heavy (non-hydrogen) atoms. The minimum absolute atomic E-state index is 0.00194. The molecule has 1 aromatic carbocycles. The second-order valence-corrected chi connectivity index (χ2v) is 9.76. The van der Waals surface area contributed by atoms with Gasteiger partial charge in [0, 0.05) is 14.3 Å². The van der Waals surface area contributed by atoms with Gasteiger partial charge in [-0.3, -0.25) is 4.79 Å². The Kier molecular flexibility index (Phi) is 7.39. The summed E-state index contributed by atoms with van der Waals surface area (Å²) >= 11 is 7.95. The smallest absolute Gasteiger partial charge is 0.339 e. The summed E-state index contributed by atoms with van der Waals surface area (Å²) in [4.78, 5) is 24.2. The van der Waals surface area contributed by atoms with Gasteiger partial charge >= 0.3 is 5.97 Å². The molecular weight excluding hydrogens is 754 g/mol. The van der Waals surface area contributed by atoms with Crippen LogP contribution in [0.2, 0.25) is 0 Å². The van der Waals surface area contributed by atoms with E-state index in [9.17, 15) is 18.0 Å². The third-order valence-corrected chi connectivity index (χ3v) is 10.1. The lowest BCUT2D eigenvalue weighted by atomic mass is 10.1. The number of methoxy groups -OCH3 is 1. The Hall–Kier alpha value is 1.03. The number of rotatable bonds is 3. The molecule has 0 aromatic heterocycles. The number of carbonyl (C=O) groups excluding carboxylic acids is 2. The van der Waals surface area contributed by atoms with Gasteiger partial charge in [-0.15, -0.1) is 0 Å². The first kappa shape index (κ1) is 20.1. The maximum atomic E-state index is 12.2. The van der Waals surface area contributed by atoms with E-state index < -0.39 is 21.9 Å². The first-order chi connectivity index (χ1) is 9.51. The maximum absolute atomic E-state index is 12.2. The quantitative estimate of drug-likeness (QED) is 0.222. The molecule has 1 aromatic rings. The molecular formula is C10H7I4NO5S. The van der Waals surface area contributed by atoms with E-state index in [1.807, 2.05) is 72.5 Å². The van der Waals surface area contributed by atoms with E-state index in [-0.39, 0.29) is 11.1 Å². The number of nitrogens with one attached hydrogen (secondary N) is 1. The van der Waals surface area contributed by atoms with Crippen LogP contribution in [0.1, 0.15) is 20.7 Å². The Morgan fingerprint density at radius 2 is 1.38 bits per heavy atom. The third kappa shape index (κ3) is 4.75. The van der Waals surface area contributed by atoms with E-state index in [0.29, 0.717) is 7.14 Å². The van der Waals surface area contributed by atoms with E-state index in [1.54, 1.807) is 0 Å². The van der Waals surface area contributed by atoms with Crippen molar-refractivity contribution in [3.8, 4) is 0 Å². The molecule has 0 atom stereocenters. The Morgan fingerprint density at radius 1 is 0.952 bits per heavy atom. The van der Waals surface area contributed by atoms with Crippen LogP contribution in [0, 0.1) is 14.3 Å². The summed E-state index contributed by atoms with van der Waals surface area (Å²) in [5, 5.41) is 0. The molecule has 0 aliphatic heterocycles. The van der Waals surface area contributed by atoms with Crippen LogP contribution in [0.5, 0.6) is 0 Å². The largest absolute Gasteiger partial charge is 0.465 e. The van der Waals surface area contributed by atoms with Gasteiger partial charge in [-0.2, -0.15) is 0 Å². The highest BCUT2D eigenvalue weighted by Gasteiger charge is 2.29. The zero-order chi connectivity index (χ0) is 16.5. The van der Waals surface area contributed by atoms with Crippen molar-refractivity contribution in [1.29, 1.82) is 0 Å². The van der Waals surface area contributed by atoms with Crippen molar-refractivity contribution in [2.45, 2.75) is 0 Å². The Labute approximate surface area is 176 Å². The van der Waals surface area contributed by atoms with Crippen LogP contribution < -0.4 is 4.72 Å². The van der Waals surface area contributed by atoms with Crippen molar-refractivity contribution in [2.75, 3.05) is 13.4 Å². The van der Waals surface area contributed by atoms with Gasteiger partial charge in [0.1, 0.15) is 0 Å². The monoisotopic (exact) mass is 761 g/mol. The summed E-state index contributed by atoms with van der Waals surface area (Å²) in [5.41, 5.74) is 0.0653. The molecule has 0 saturated heterocycles. The van der Waals surface area contributed by atoms with E-state index in [2.05, 4.69) is 22.6 Å². The zero-order valence-corrected chi connectivity index (χ0v) is 19.9. The van der Waals surface area contributed by atoms with E-state index in [0.717, 1.165) is 13.4 Å². The summed E-state index contributed by atoms with van der Waals surface area (Å²) in [6, 6.07) is 0. The van der Waals surface area contributed by atoms with Crippen LogP contribution in [-0.2, 0) is 14.8 Å². The van der Waals surface area contributed by atoms with Crippen LogP contribution in [-0.4, -0.2) is 33.7 Å². The average molecular weight is 761 g/mol. The molecule has 0 unspecified atom stereocenters. The number of benzene rings is 1. The topological polar surface area (TPSA) is 89.5 Å². The maximum Gasteiger partial charge on any atom is 0.339 e. The lowest BCUT2D eigenvalue weighted by Crippen LogP contribution is -2.32. The number of hydrogen-bond acceptors (Lipinski definition) is 5. The van der Waals surface area contributed by atoms with Gasteiger partial charge in [0.25, 0.3) is 5.91 Å². The lowest BCUT2D eigenvalue weighted by molar-refractivity contribution is 0.0595. The fourth-order valence-electron chi connectivity index (χ4n) is 1.36. The number of halogens is 4. The molecule has 1 amide bonds. The number of esters is 1. The van der Waals surface area contributed by atoms with Crippen LogP contribution in [0.4, 0.5) is 0 Å². The molecule has 1 N–H and O–H groups in total. The van der Waals surface area contributed by atoms with Crippen molar-refractivity contribution in [1.82, 2.24) is 4.72 Å². The lowest BCUT2D eigenvalue weighted by Gasteiger charge is -2.15. The number of hydrogen-bond donors (Lipinski definition) is 1. The number of carbonyl (C=O) groups is 2. The molecule has 1 rings (SSSR count). The standard InChI is InChI=1S/C10H7I4NO5S/c1-20-10(17)4-3(9(16)15-21(2,18)19)5(11)7(13)8(14)6(4)12/h1-2H3,(H,15,16). The van der Waals surface area contributed by atoms with Crippen molar-refractivity contribution in [2.24, 2.45) is 0 Å². The van der Waals surface area contributed by atoms with Crippen molar-refractivity contribution >= 4 is 112 Å². The molecule has 0 saturated carbocycles. The normalized spacial score (nSPS) is 11.1. The van der Waals surface area contributed by atoms with Gasteiger partial charge in [-0.05, 0) is 90.4 Å². The molecule has 0 spiro atoms. The zero-order valence-electron chi connectivity index (χ0n) is 10.5. The van der Waals surface area contributed by atoms with Gasteiger partial charge in [0.2, 0.25) is 10.0 Å². The first-order valence-corrected chi connectivity index (χ1v) is 11.2. The Balaban J connectivity index is 3.70. The van der Waals surface area contributed by atoms with Crippen LogP contribution in [0.25, 0.3) is 0 Å². The highest BCUT2D eigenvalue weighted by Crippen LogP contribution is 2.33. The van der Waals surface area contributed by atoms with Crippen molar-refractivity contribution < 1.29 is 22.7 Å². The fourth-order valence-corrected chi connectivity index (χ4v) is 5.45. The van der Waals surface area contributed by atoms with Crippen LogP contribution in [0.3, 0.4) is 0 Å². The van der Waals surface area contributed by atoms with E-state index in [1.165, 1.54) is 7.11 Å².